The molecule has 0 aliphatic rings. The van der Waals surface area contributed by atoms with Crippen molar-refractivity contribution in [2.75, 3.05) is 5.32 Å². The highest BCUT2D eigenvalue weighted by atomic mass is 15.2. The highest BCUT2D eigenvalue weighted by Crippen LogP contribution is 2.34. The highest BCUT2D eigenvalue weighted by molar-refractivity contribution is 6.06. The van der Waals surface area contributed by atoms with Crippen LogP contribution in [0.25, 0.3) is 43.7 Å². The standard InChI is InChI=1S/C26H19N5/c1-16-13-18-14-19(9-10-24(18)28-16)29-26-23-7-3-2-6-22(23)25(30-31-26)21-8-4-5-17-15-27-12-11-20(17)21/h2-15,28H,1H3,(H,29,31). The van der Waals surface area contributed by atoms with Gasteiger partial charge in [-0.1, -0.05) is 42.5 Å². The zero-order valence-electron chi connectivity index (χ0n) is 16.9. The molecule has 0 spiro atoms. The lowest BCUT2D eigenvalue weighted by Crippen LogP contribution is -1.99. The minimum Gasteiger partial charge on any atom is -0.359 e. The Balaban J connectivity index is 1.50. The third kappa shape index (κ3) is 2.99. The summed E-state index contributed by atoms with van der Waals surface area (Å²) in [5.74, 6) is 0.743. The van der Waals surface area contributed by atoms with E-state index in [1.165, 1.54) is 5.39 Å². The summed E-state index contributed by atoms with van der Waals surface area (Å²) in [5.41, 5.74) is 5.18. The summed E-state index contributed by atoms with van der Waals surface area (Å²) in [7, 11) is 0. The Morgan fingerprint density at radius 3 is 2.61 bits per heavy atom. The van der Waals surface area contributed by atoms with Crippen molar-refractivity contribution in [3.63, 3.8) is 0 Å². The molecule has 0 bridgehead atoms. The topological polar surface area (TPSA) is 66.5 Å². The van der Waals surface area contributed by atoms with Gasteiger partial charge in [-0.15, -0.1) is 10.2 Å². The SMILES string of the molecule is Cc1cc2cc(Nc3nnc(-c4cccc5cnccc45)c4ccccc34)ccc2[nH]1. The van der Waals surface area contributed by atoms with Gasteiger partial charge < -0.3 is 10.3 Å². The van der Waals surface area contributed by atoms with E-state index < -0.39 is 0 Å². The fourth-order valence-electron chi connectivity index (χ4n) is 4.22. The van der Waals surface area contributed by atoms with Gasteiger partial charge in [0.05, 0.1) is 0 Å². The van der Waals surface area contributed by atoms with Crippen molar-refractivity contribution in [3.05, 3.63) is 90.9 Å². The predicted molar refractivity (Wildman–Crippen MR) is 127 cm³/mol. The monoisotopic (exact) mass is 401 g/mol. The molecule has 2 N–H and O–H groups in total. The van der Waals surface area contributed by atoms with Gasteiger partial charge in [-0.3, -0.25) is 4.98 Å². The van der Waals surface area contributed by atoms with Crippen molar-refractivity contribution in [1.82, 2.24) is 20.2 Å². The number of aromatic amines is 1. The van der Waals surface area contributed by atoms with Gasteiger partial charge in [-0.2, -0.15) is 0 Å². The molecule has 0 radical (unpaired) electrons. The van der Waals surface area contributed by atoms with Crippen LogP contribution in [0, 0.1) is 6.92 Å². The van der Waals surface area contributed by atoms with Crippen LogP contribution in [-0.2, 0) is 0 Å². The van der Waals surface area contributed by atoms with E-state index in [1.807, 2.05) is 36.7 Å². The molecule has 31 heavy (non-hydrogen) atoms. The predicted octanol–water partition coefficient (Wildman–Crippen LogP) is 6.38. The van der Waals surface area contributed by atoms with Crippen molar-refractivity contribution >= 4 is 44.0 Å². The number of benzene rings is 3. The van der Waals surface area contributed by atoms with E-state index in [-0.39, 0.29) is 0 Å². The van der Waals surface area contributed by atoms with Gasteiger partial charge in [0.1, 0.15) is 5.69 Å². The summed E-state index contributed by atoms with van der Waals surface area (Å²) in [5, 5.41) is 18.2. The lowest BCUT2D eigenvalue weighted by Gasteiger charge is -2.12. The number of H-pyrrole nitrogens is 1. The normalized spacial score (nSPS) is 11.4. The van der Waals surface area contributed by atoms with E-state index in [4.69, 9.17) is 0 Å². The number of hydrogen-bond acceptors (Lipinski definition) is 4. The smallest absolute Gasteiger partial charge is 0.161 e. The van der Waals surface area contributed by atoms with Crippen LogP contribution in [0.15, 0.2) is 85.2 Å². The molecule has 5 heteroatoms. The zero-order chi connectivity index (χ0) is 20.8. The molecule has 3 aromatic carbocycles. The first-order valence-electron chi connectivity index (χ1n) is 10.2. The average Bonchev–Trinajstić information content (AvgIpc) is 3.18. The van der Waals surface area contributed by atoms with Crippen LogP contribution in [0.4, 0.5) is 11.5 Å². The van der Waals surface area contributed by atoms with Gasteiger partial charge in [0.25, 0.3) is 0 Å². The van der Waals surface area contributed by atoms with Gasteiger partial charge in [-0.25, -0.2) is 0 Å². The second-order valence-electron chi connectivity index (χ2n) is 7.72. The third-order valence-electron chi connectivity index (χ3n) is 5.64. The van der Waals surface area contributed by atoms with Gasteiger partial charge in [-0.05, 0) is 42.6 Å². The van der Waals surface area contributed by atoms with E-state index >= 15 is 0 Å². The molecular weight excluding hydrogens is 382 g/mol. The molecule has 6 aromatic rings. The Morgan fingerprint density at radius 2 is 1.68 bits per heavy atom. The Kier molecular flexibility index (Phi) is 3.93. The Labute approximate surface area is 178 Å². The largest absolute Gasteiger partial charge is 0.359 e. The van der Waals surface area contributed by atoms with Crippen LogP contribution in [0.5, 0.6) is 0 Å². The molecule has 0 atom stereocenters. The Bertz CT molecular complexity index is 1580. The fraction of sp³-hybridized carbons (Fsp3) is 0.0385. The molecule has 0 amide bonds. The van der Waals surface area contributed by atoms with Crippen LogP contribution < -0.4 is 5.32 Å². The number of pyridine rings is 1. The number of aryl methyl sites for hydroxylation is 1. The molecule has 3 aromatic heterocycles. The zero-order valence-corrected chi connectivity index (χ0v) is 16.9. The van der Waals surface area contributed by atoms with E-state index in [0.717, 1.165) is 55.5 Å². The fourth-order valence-corrected chi connectivity index (χ4v) is 4.22. The molecular formula is C26H19N5. The second-order valence-corrected chi connectivity index (χ2v) is 7.72. The number of nitrogens with zero attached hydrogens (tertiary/aromatic N) is 3. The Hall–Kier alpha value is -4.25. The lowest BCUT2D eigenvalue weighted by molar-refractivity contribution is 1.06. The van der Waals surface area contributed by atoms with Crippen molar-refractivity contribution < 1.29 is 0 Å². The minimum absolute atomic E-state index is 0.743. The number of aromatic nitrogens is 4. The summed E-state index contributed by atoms with van der Waals surface area (Å²) in [6.45, 7) is 2.06. The van der Waals surface area contributed by atoms with E-state index in [2.05, 4.69) is 80.9 Å². The maximum absolute atomic E-state index is 4.65. The summed E-state index contributed by atoms with van der Waals surface area (Å²) in [4.78, 5) is 7.60. The molecule has 0 aliphatic carbocycles. The van der Waals surface area contributed by atoms with Crippen LogP contribution in [0.3, 0.4) is 0 Å². The van der Waals surface area contributed by atoms with E-state index in [1.54, 1.807) is 0 Å². The average molecular weight is 401 g/mol. The summed E-state index contributed by atoms with van der Waals surface area (Å²) in [6.07, 6.45) is 3.69. The molecule has 0 saturated heterocycles. The van der Waals surface area contributed by atoms with Crippen LogP contribution in [-0.4, -0.2) is 20.2 Å². The van der Waals surface area contributed by atoms with Gasteiger partial charge in [0.2, 0.25) is 0 Å². The number of nitrogens with one attached hydrogen (secondary N) is 2. The third-order valence-corrected chi connectivity index (χ3v) is 5.64. The first-order valence-corrected chi connectivity index (χ1v) is 10.2. The highest BCUT2D eigenvalue weighted by Gasteiger charge is 2.13. The summed E-state index contributed by atoms with van der Waals surface area (Å²) >= 11 is 0. The maximum Gasteiger partial charge on any atom is 0.161 e. The van der Waals surface area contributed by atoms with Crippen molar-refractivity contribution in [1.29, 1.82) is 0 Å². The number of anilines is 2. The quantitative estimate of drug-likeness (QED) is 0.361. The van der Waals surface area contributed by atoms with Gasteiger partial charge in [0, 0.05) is 56.4 Å². The van der Waals surface area contributed by atoms with Crippen LogP contribution in [0.1, 0.15) is 5.69 Å². The number of rotatable bonds is 3. The molecule has 6 rings (SSSR count). The van der Waals surface area contributed by atoms with Crippen molar-refractivity contribution in [2.45, 2.75) is 6.92 Å². The number of hydrogen-bond donors (Lipinski definition) is 2. The molecule has 3 heterocycles. The first kappa shape index (κ1) is 17.6. The van der Waals surface area contributed by atoms with Gasteiger partial charge >= 0.3 is 0 Å². The molecule has 0 saturated carbocycles. The number of fused-ring (bicyclic) bond motifs is 3. The van der Waals surface area contributed by atoms with Gasteiger partial charge in [0.15, 0.2) is 5.82 Å². The molecule has 0 unspecified atom stereocenters. The Morgan fingerprint density at radius 1 is 0.774 bits per heavy atom. The van der Waals surface area contributed by atoms with Crippen molar-refractivity contribution in [3.8, 4) is 11.3 Å². The molecule has 0 aliphatic heterocycles. The molecule has 0 fully saturated rings. The second kappa shape index (κ2) is 6.92. The summed E-state index contributed by atoms with van der Waals surface area (Å²) < 4.78 is 0. The maximum atomic E-state index is 4.65. The molecule has 148 valence electrons. The van der Waals surface area contributed by atoms with E-state index in [0.29, 0.717) is 0 Å². The van der Waals surface area contributed by atoms with Crippen LogP contribution in [0.2, 0.25) is 0 Å². The minimum atomic E-state index is 0.743. The summed E-state index contributed by atoms with van der Waals surface area (Å²) in [6, 6.07) is 24.9. The first-order chi connectivity index (χ1) is 15.3. The van der Waals surface area contributed by atoms with Crippen molar-refractivity contribution in [2.24, 2.45) is 0 Å². The van der Waals surface area contributed by atoms with Crippen LogP contribution >= 0.6 is 0 Å². The molecule has 5 nitrogen and oxygen atoms in total. The van der Waals surface area contributed by atoms with E-state index in [9.17, 15) is 0 Å². The lowest BCUT2D eigenvalue weighted by atomic mass is 10.00.